The summed E-state index contributed by atoms with van der Waals surface area (Å²) in [5.74, 6) is 2.39. The molecule has 0 unspecified atom stereocenters. The van der Waals surface area contributed by atoms with E-state index in [1.54, 1.807) is 0 Å². The highest BCUT2D eigenvalue weighted by atomic mass is 15.2. The van der Waals surface area contributed by atoms with Crippen molar-refractivity contribution >= 4 is 43.6 Å². The van der Waals surface area contributed by atoms with Gasteiger partial charge in [-0.15, -0.1) is 0 Å². The second kappa shape index (κ2) is 16.3. The molecule has 7 nitrogen and oxygen atoms in total. The summed E-state index contributed by atoms with van der Waals surface area (Å²) < 4.78 is 4.62. The van der Waals surface area contributed by atoms with Gasteiger partial charge >= 0.3 is 0 Å². The highest BCUT2D eigenvalue weighted by Gasteiger charge is 2.24. The lowest BCUT2D eigenvalue weighted by Crippen LogP contribution is -2.07. The summed E-state index contributed by atoms with van der Waals surface area (Å²) >= 11 is 0. The number of para-hydroxylation sites is 2. The van der Waals surface area contributed by atoms with Gasteiger partial charge < -0.3 is 4.57 Å². The Morgan fingerprint density at radius 1 is 0.250 bits per heavy atom. The fourth-order valence-corrected chi connectivity index (χ4v) is 9.60. The molecule has 0 radical (unpaired) electrons. The van der Waals surface area contributed by atoms with Crippen LogP contribution in [0.5, 0.6) is 0 Å². The van der Waals surface area contributed by atoms with Crippen LogP contribution in [0, 0.1) is 0 Å². The summed E-state index contributed by atoms with van der Waals surface area (Å²) in [6.45, 7) is 0. The lowest BCUT2D eigenvalue weighted by molar-refractivity contribution is 0.953. The first-order valence-corrected chi connectivity index (χ1v) is 22.8. The van der Waals surface area contributed by atoms with E-state index in [4.69, 9.17) is 24.9 Å². The third-order valence-corrected chi connectivity index (χ3v) is 12.8. The van der Waals surface area contributed by atoms with Crippen LogP contribution in [0.2, 0.25) is 0 Å². The Labute approximate surface area is 392 Å². The second-order valence-corrected chi connectivity index (χ2v) is 16.9. The standard InChI is InChI=1S/C61H39N7/c1-5-18-40(19-6-1)45-26-17-27-46(38-45)60-64-59(43-24-11-4-12-25-43)65-61(66-60)68-55-31-16-14-29-49(55)51-37-36-50-48-28-13-15-30-54(48)67(56(50)57(51)68)47-34-32-44(33-35-47)58-62-52(41-20-7-2-8-21-41)39-53(63-58)42-22-9-3-10-23-42/h1-39H. The molecular formula is C61H39N7. The van der Waals surface area contributed by atoms with E-state index in [1.165, 1.54) is 0 Å². The average Bonchev–Trinajstić information content (AvgIpc) is 3.95. The number of nitrogens with zero attached hydrogens (tertiary/aromatic N) is 7. The van der Waals surface area contributed by atoms with Crippen molar-refractivity contribution in [3.63, 3.8) is 0 Å². The molecular weight excluding hydrogens is 831 g/mol. The number of hydrogen-bond donors (Lipinski definition) is 0. The predicted molar refractivity (Wildman–Crippen MR) is 277 cm³/mol. The van der Waals surface area contributed by atoms with Gasteiger partial charge in [-0.25, -0.2) is 15.0 Å². The highest BCUT2D eigenvalue weighted by Crippen LogP contribution is 2.42. The maximum absolute atomic E-state index is 5.39. The highest BCUT2D eigenvalue weighted by molar-refractivity contribution is 6.23. The normalized spacial score (nSPS) is 11.5. The second-order valence-electron chi connectivity index (χ2n) is 16.9. The van der Waals surface area contributed by atoms with Crippen LogP contribution in [-0.2, 0) is 0 Å². The van der Waals surface area contributed by atoms with Gasteiger partial charge in [-0.2, -0.15) is 9.97 Å². The summed E-state index contributed by atoms with van der Waals surface area (Å²) in [4.78, 5) is 26.2. The summed E-state index contributed by atoms with van der Waals surface area (Å²) in [5, 5.41) is 4.48. The van der Waals surface area contributed by atoms with Crippen LogP contribution in [0.4, 0.5) is 0 Å². The van der Waals surface area contributed by atoms with E-state index < -0.39 is 0 Å². The van der Waals surface area contributed by atoms with E-state index in [0.717, 1.165) is 99.6 Å². The number of hydrogen-bond acceptors (Lipinski definition) is 5. The van der Waals surface area contributed by atoms with Gasteiger partial charge in [0, 0.05) is 55.0 Å². The van der Waals surface area contributed by atoms with Crippen molar-refractivity contribution in [1.82, 2.24) is 34.1 Å². The predicted octanol–water partition coefficient (Wildman–Crippen LogP) is 14.9. The van der Waals surface area contributed by atoms with E-state index in [1.807, 2.05) is 60.7 Å². The molecule has 13 aromatic rings. The Kier molecular flexibility index (Phi) is 9.35. The Balaban J connectivity index is 1.04. The molecule has 0 saturated carbocycles. The zero-order valence-corrected chi connectivity index (χ0v) is 36.6. The molecule has 4 heterocycles. The quantitative estimate of drug-likeness (QED) is 0.152. The molecule has 0 spiro atoms. The zero-order valence-electron chi connectivity index (χ0n) is 36.6. The molecule has 318 valence electrons. The van der Waals surface area contributed by atoms with Crippen molar-refractivity contribution in [2.75, 3.05) is 0 Å². The van der Waals surface area contributed by atoms with Crippen molar-refractivity contribution < 1.29 is 0 Å². The molecule has 68 heavy (non-hydrogen) atoms. The van der Waals surface area contributed by atoms with Crippen molar-refractivity contribution in [3.8, 4) is 79.4 Å². The number of rotatable bonds is 8. The third kappa shape index (κ3) is 6.72. The summed E-state index contributed by atoms with van der Waals surface area (Å²) in [6.07, 6.45) is 0. The van der Waals surface area contributed by atoms with Crippen LogP contribution in [0.15, 0.2) is 237 Å². The van der Waals surface area contributed by atoms with Crippen LogP contribution in [0.1, 0.15) is 0 Å². The van der Waals surface area contributed by atoms with E-state index >= 15 is 0 Å². The zero-order chi connectivity index (χ0) is 45.0. The molecule has 0 amide bonds. The topological polar surface area (TPSA) is 74.3 Å². The number of benzene rings is 9. The SMILES string of the molecule is c1ccc(-c2cccc(-c3nc(-c4ccccc4)nc(-n4c5ccccc5c5ccc6c7ccccc7n(-c7ccc(-c8nc(-c9ccccc9)cc(-c9ccccc9)n8)cc7)c6c54)n3)c2)cc1. The Morgan fingerprint density at radius 2 is 0.676 bits per heavy atom. The number of aromatic nitrogens is 7. The minimum absolute atomic E-state index is 0.537. The first kappa shape index (κ1) is 39.1. The Morgan fingerprint density at radius 3 is 1.26 bits per heavy atom. The largest absolute Gasteiger partial charge is 0.307 e. The molecule has 0 bridgehead atoms. The first-order valence-electron chi connectivity index (χ1n) is 22.8. The fraction of sp³-hybridized carbons (Fsp3) is 0. The third-order valence-electron chi connectivity index (χ3n) is 12.8. The lowest BCUT2D eigenvalue weighted by Gasteiger charge is -2.14. The van der Waals surface area contributed by atoms with Crippen molar-refractivity contribution in [2.24, 2.45) is 0 Å². The molecule has 9 aromatic carbocycles. The molecule has 0 atom stereocenters. The van der Waals surface area contributed by atoms with Gasteiger partial charge in [-0.3, -0.25) is 4.57 Å². The molecule has 7 heteroatoms. The van der Waals surface area contributed by atoms with Crippen LogP contribution in [-0.4, -0.2) is 34.1 Å². The first-order chi connectivity index (χ1) is 33.7. The summed E-state index contributed by atoms with van der Waals surface area (Å²) in [7, 11) is 0. The number of fused-ring (bicyclic) bond motifs is 7. The molecule has 4 aromatic heterocycles. The maximum Gasteiger partial charge on any atom is 0.238 e. The maximum atomic E-state index is 5.39. The van der Waals surface area contributed by atoms with Gasteiger partial charge in [0.15, 0.2) is 17.5 Å². The van der Waals surface area contributed by atoms with Crippen LogP contribution < -0.4 is 0 Å². The van der Waals surface area contributed by atoms with E-state index in [0.29, 0.717) is 23.4 Å². The molecule has 0 aliphatic carbocycles. The monoisotopic (exact) mass is 869 g/mol. The van der Waals surface area contributed by atoms with Crippen molar-refractivity contribution in [1.29, 1.82) is 0 Å². The van der Waals surface area contributed by atoms with Crippen LogP contribution in [0.3, 0.4) is 0 Å². The minimum atomic E-state index is 0.537. The molecule has 0 fully saturated rings. The summed E-state index contributed by atoms with van der Waals surface area (Å²) in [5.41, 5.74) is 13.9. The van der Waals surface area contributed by atoms with Gasteiger partial charge in [0.25, 0.3) is 0 Å². The Bertz CT molecular complexity index is 3940. The van der Waals surface area contributed by atoms with E-state index in [2.05, 4.69) is 185 Å². The van der Waals surface area contributed by atoms with Gasteiger partial charge in [-0.1, -0.05) is 188 Å². The van der Waals surface area contributed by atoms with E-state index in [-0.39, 0.29) is 0 Å². The van der Waals surface area contributed by atoms with Crippen LogP contribution in [0.25, 0.3) is 123 Å². The van der Waals surface area contributed by atoms with Gasteiger partial charge in [0.2, 0.25) is 5.95 Å². The van der Waals surface area contributed by atoms with Crippen molar-refractivity contribution in [3.05, 3.63) is 237 Å². The van der Waals surface area contributed by atoms with Gasteiger partial charge in [0.05, 0.1) is 33.5 Å². The Hall–Kier alpha value is -9.33. The van der Waals surface area contributed by atoms with Crippen LogP contribution >= 0.6 is 0 Å². The van der Waals surface area contributed by atoms with Gasteiger partial charge in [-0.05, 0) is 59.7 Å². The molecule has 13 rings (SSSR count). The molecule has 0 N–H and O–H groups in total. The van der Waals surface area contributed by atoms with Gasteiger partial charge in [0.1, 0.15) is 0 Å². The summed E-state index contributed by atoms with van der Waals surface area (Å²) in [6, 6.07) is 82.1. The smallest absolute Gasteiger partial charge is 0.238 e. The van der Waals surface area contributed by atoms with Crippen molar-refractivity contribution in [2.45, 2.75) is 0 Å². The minimum Gasteiger partial charge on any atom is -0.307 e. The fourth-order valence-electron chi connectivity index (χ4n) is 9.60. The average molecular weight is 870 g/mol. The lowest BCUT2D eigenvalue weighted by atomic mass is 10.0. The molecule has 0 aliphatic heterocycles. The molecule has 0 aliphatic rings. The van der Waals surface area contributed by atoms with E-state index in [9.17, 15) is 0 Å². The molecule has 0 saturated heterocycles.